The minimum absolute atomic E-state index is 0.00872. The summed E-state index contributed by atoms with van der Waals surface area (Å²) in [6.45, 7) is 26.6. The number of unbranched alkanes of at least 4 members (excludes halogenated alkanes) is 2. The van der Waals surface area contributed by atoms with Crippen LogP contribution in [0.1, 0.15) is 113 Å². The summed E-state index contributed by atoms with van der Waals surface area (Å²) in [7, 11) is 0. The molecule has 2 N–H and O–H groups in total. The molecule has 0 radical (unpaired) electrons. The Bertz CT molecular complexity index is 876. The van der Waals surface area contributed by atoms with E-state index < -0.39 is 0 Å². The molecule has 0 bridgehead atoms. The molecular weight excluding hydrogens is 446 g/mol. The van der Waals surface area contributed by atoms with Crippen LogP contribution >= 0.6 is 0 Å². The fourth-order valence-corrected chi connectivity index (χ4v) is 6.49. The number of aryl methyl sites for hydroxylation is 1. The van der Waals surface area contributed by atoms with Crippen LogP contribution < -0.4 is 20.4 Å². The predicted octanol–water partition coefficient (Wildman–Crippen LogP) is 5.75. The molecule has 7 heteroatoms. The first-order valence-electron chi connectivity index (χ1n) is 14.3. The summed E-state index contributed by atoms with van der Waals surface area (Å²) < 4.78 is 0. The molecule has 2 aliphatic rings. The van der Waals surface area contributed by atoms with Crippen molar-refractivity contribution in [2.24, 2.45) is 0 Å². The van der Waals surface area contributed by atoms with Crippen molar-refractivity contribution in [2.45, 2.75) is 142 Å². The van der Waals surface area contributed by atoms with Gasteiger partial charge in [-0.2, -0.15) is 15.0 Å². The number of anilines is 2. The molecular formula is C29H53N7. The van der Waals surface area contributed by atoms with E-state index in [9.17, 15) is 0 Å². The van der Waals surface area contributed by atoms with Crippen molar-refractivity contribution in [3.63, 3.8) is 0 Å². The van der Waals surface area contributed by atoms with E-state index in [0.29, 0.717) is 12.1 Å². The number of piperidine rings is 2. The lowest BCUT2D eigenvalue weighted by Crippen LogP contribution is -2.62. The number of nitrogens with one attached hydrogen (secondary N) is 2. The molecule has 1 aromatic heterocycles. The fraction of sp³-hybridized carbons (Fsp3) is 0.828. The van der Waals surface area contributed by atoms with Gasteiger partial charge < -0.3 is 20.4 Å². The van der Waals surface area contributed by atoms with E-state index in [-0.39, 0.29) is 16.6 Å². The van der Waals surface area contributed by atoms with Crippen molar-refractivity contribution in [3.05, 3.63) is 18.1 Å². The van der Waals surface area contributed by atoms with Crippen molar-refractivity contribution in [1.29, 1.82) is 0 Å². The molecule has 204 valence electrons. The quantitative estimate of drug-likeness (QED) is 0.425. The molecule has 2 fully saturated rings. The summed E-state index contributed by atoms with van der Waals surface area (Å²) in [6, 6.07) is 0.718. The predicted molar refractivity (Wildman–Crippen MR) is 153 cm³/mol. The maximum Gasteiger partial charge on any atom is 0.230 e. The highest BCUT2D eigenvalue weighted by Gasteiger charge is 2.41. The maximum absolute atomic E-state index is 5.22. The third kappa shape index (κ3) is 7.56. The first-order chi connectivity index (χ1) is 16.7. The first-order valence-corrected chi connectivity index (χ1v) is 14.3. The molecule has 7 nitrogen and oxygen atoms in total. The lowest BCUT2D eigenvalue weighted by molar-refractivity contribution is 0.157. The van der Waals surface area contributed by atoms with E-state index in [1.54, 1.807) is 0 Å². The van der Waals surface area contributed by atoms with E-state index >= 15 is 0 Å². The molecule has 0 amide bonds. The van der Waals surface area contributed by atoms with Gasteiger partial charge in [0.2, 0.25) is 11.9 Å². The summed E-state index contributed by atoms with van der Waals surface area (Å²) in [6.07, 6.45) is 8.64. The highest BCUT2D eigenvalue weighted by Crippen LogP contribution is 2.34. The molecule has 1 atom stereocenters. The van der Waals surface area contributed by atoms with Crippen LogP contribution in [-0.2, 0) is 0 Å². The van der Waals surface area contributed by atoms with Gasteiger partial charge in [0.05, 0.1) is 0 Å². The Morgan fingerprint density at radius 2 is 1.25 bits per heavy atom. The van der Waals surface area contributed by atoms with Crippen molar-refractivity contribution >= 4 is 11.9 Å². The largest absolute Gasteiger partial charge is 0.384 e. The summed E-state index contributed by atoms with van der Waals surface area (Å²) in [5.74, 6) is 2.48. The topological polar surface area (TPSA) is 69.2 Å². The van der Waals surface area contributed by atoms with Gasteiger partial charge in [-0.15, -0.1) is 0 Å². The Balaban J connectivity index is 2.00. The molecule has 2 saturated heterocycles. The second kappa shape index (κ2) is 11.2. The van der Waals surface area contributed by atoms with Crippen molar-refractivity contribution in [3.8, 4) is 0 Å². The molecule has 0 aromatic carbocycles. The minimum Gasteiger partial charge on any atom is -0.384 e. The zero-order valence-corrected chi connectivity index (χ0v) is 24.7. The molecule has 3 heterocycles. The molecule has 36 heavy (non-hydrogen) atoms. The van der Waals surface area contributed by atoms with Gasteiger partial charge in [0.15, 0.2) is 0 Å². The van der Waals surface area contributed by atoms with Gasteiger partial charge in [-0.1, -0.05) is 33.3 Å². The van der Waals surface area contributed by atoms with Crippen LogP contribution in [0.4, 0.5) is 11.9 Å². The zero-order chi connectivity index (χ0) is 26.7. The SMILES string of the molecule is C=C1CC(N(CCCC)c2nc(C)nc(N(CCCC)C3CC(C)(C)NC(C)(C)C3)n2)CC(C)(C)N1. The third-order valence-electron chi connectivity index (χ3n) is 7.54. The minimum atomic E-state index is 0.00872. The van der Waals surface area contributed by atoms with Gasteiger partial charge in [0.1, 0.15) is 5.82 Å². The smallest absolute Gasteiger partial charge is 0.230 e. The lowest BCUT2D eigenvalue weighted by atomic mass is 9.79. The van der Waals surface area contributed by atoms with Crippen molar-refractivity contribution < 1.29 is 0 Å². The number of hydrogen-bond donors (Lipinski definition) is 2. The molecule has 0 aliphatic carbocycles. The van der Waals surface area contributed by atoms with E-state index in [1.165, 1.54) is 0 Å². The summed E-state index contributed by atoms with van der Waals surface area (Å²) in [5.41, 5.74) is 1.24. The number of hydrogen-bond acceptors (Lipinski definition) is 7. The molecule has 1 aromatic rings. The fourth-order valence-electron chi connectivity index (χ4n) is 6.49. The van der Waals surface area contributed by atoms with Crippen LogP contribution in [0.15, 0.2) is 12.3 Å². The average Bonchev–Trinajstić information content (AvgIpc) is 2.70. The third-order valence-corrected chi connectivity index (χ3v) is 7.54. The summed E-state index contributed by atoms with van der Waals surface area (Å²) in [4.78, 5) is 20.0. The Morgan fingerprint density at radius 1 is 0.778 bits per heavy atom. The van der Waals surface area contributed by atoms with Crippen molar-refractivity contribution in [1.82, 2.24) is 25.6 Å². The van der Waals surface area contributed by atoms with Gasteiger partial charge in [0.25, 0.3) is 0 Å². The van der Waals surface area contributed by atoms with Gasteiger partial charge in [0, 0.05) is 53.9 Å². The zero-order valence-electron chi connectivity index (χ0n) is 24.7. The van der Waals surface area contributed by atoms with Crippen LogP contribution in [-0.4, -0.2) is 56.7 Å². The monoisotopic (exact) mass is 499 g/mol. The van der Waals surface area contributed by atoms with Gasteiger partial charge in [-0.05, 0) is 80.6 Å². The van der Waals surface area contributed by atoms with Crippen molar-refractivity contribution in [2.75, 3.05) is 22.9 Å². The number of aromatic nitrogens is 3. The maximum atomic E-state index is 5.22. The van der Waals surface area contributed by atoms with Crippen LogP contribution in [0.3, 0.4) is 0 Å². The normalized spacial score (nSPS) is 23.2. The first kappa shape index (κ1) is 28.7. The van der Waals surface area contributed by atoms with E-state index in [2.05, 4.69) is 82.4 Å². The summed E-state index contributed by atoms with van der Waals surface area (Å²) >= 11 is 0. The van der Waals surface area contributed by atoms with Crippen LogP contribution in [0.5, 0.6) is 0 Å². The Morgan fingerprint density at radius 3 is 1.72 bits per heavy atom. The highest BCUT2D eigenvalue weighted by molar-refractivity contribution is 5.42. The molecule has 2 aliphatic heterocycles. The Labute approximate surface area is 220 Å². The molecule has 0 saturated carbocycles. The Kier molecular flexibility index (Phi) is 8.95. The van der Waals surface area contributed by atoms with Gasteiger partial charge in [-0.3, -0.25) is 0 Å². The lowest BCUT2D eigenvalue weighted by Gasteiger charge is -2.49. The van der Waals surface area contributed by atoms with E-state index in [0.717, 1.165) is 87.9 Å². The van der Waals surface area contributed by atoms with Gasteiger partial charge >= 0.3 is 0 Å². The molecule has 1 unspecified atom stereocenters. The molecule has 0 spiro atoms. The molecule has 3 rings (SSSR count). The summed E-state index contributed by atoms with van der Waals surface area (Å²) in [5, 5.41) is 7.42. The average molecular weight is 500 g/mol. The van der Waals surface area contributed by atoms with E-state index in [1.807, 2.05) is 6.92 Å². The van der Waals surface area contributed by atoms with Crippen LogP contribution in [0.2, 0.25) is 0 Å². The van der Waals surface area contributed by atoms with Gasteiger partial charge in [-0.25, -0.2) is 0 Å². The number of rotatable bonds is 10. The van der Waals surface area contributed by atoms with Crippen LogP contribution in [0.25, 0.3) is 0 Å². The Hall–Kier alpha value is -1.89. The second-order valence-corrected chi connectivity index (χ2v) is 13.2. The van der Waals surface area contributed by atoms with E-state index in [4.69, 9.17) is 15.0 Å². The highest BCUT2D eigenvalue weighted by atomic mass is 15.4. The number of nitrogens with zero attached hydrogens (tertiary/aromatic N) is 5. The van der Waals surface area contributed by atoms with Crippen LogP contribution in [0, 0.1) is 6.92 Å². The standard InChI is InChI=1S/C29H53N7/c1-11-13-15-35(23-17-21(3)33-27(5,6)18-23)25-30-22(4)31-26(32-25)36(16-14-12-2)24-19-28(7,8)34-29(9,10)20-24/h23-24,33-34H,3,11-20H2,1-2,4-10H3. The second-order valence-electron chi connectivity index (χ2n) is 13.2.